The molecule has 4 heteroatoms. The smallest absolute Gasteiger partial charge is 0.164 e. The largest absolute Gasteiger partial charge is 0.490 e. The Kier molecular flexibility index (Phi) is 4.47. The van der Waals surface area contributed by atoms with Gasteiger partial charge in [0.2, 0.25) is 0 Å². The highest BCUT2D eigenvalue weighted by Gasteiger charge is 2.13. The van der Waals surface area contributed by atoms with E-state index in [1.165, 1.54) is 0 Å². The maximum atomic E-state index is 8.76. The maximum Gasteiger partial charge on any atom is 0.164 e. The average molecular weight is 250 g/mol. The number of benzene rings is 1. The van der Waals surface area contributed by atoms with Gasteiger partial charge in [-0.25, -0.2) is 0 Å². The van der Waals surface area contributed by atoms with Crippen LogP contribution in [0.4, 0.5) is 0 Å². The maximum absolute atomic E-state index is 8.76. The fourth-order valence-electron chi connectivity index (χ4n) is 1.75. The topological polar surface area (TPSA) is 47.9 Å². The Morgan fingerprint density at radius 3 is 2.89 bits per heavy atom. The zero-order chi connectivity index (χ0) is 12.8. The molecule has 4 nitrogen and oxygen atoms in total. The van der Waals surface area contributed by atoms with Gasteiger partial charge in [-0.15, -0.1) is 0 Å². The summed E-state index contributed by atoms with van der Waals surface area (Å²) < 4.78 is 16.7. The van der Waals surface area contributed by atoms with Crippen LogP contribution in [0.25, 0.3) is 6.08 Å². The van der Waals surface area contributed by atoms with E-state index in [4.69, 9.17) is 19.3 Å². The second-order valence-corrected chi connectivity index (χ2v) is 3.91. The normalized spacial score (nSPS) is 12.8. The highest BCUT2D eigenvalue weighted by atomic mass is 16.5. The van der Waals surface area contributed by atoms with Gasteiger partial charge in [0.05, 0.1) is 13.2 Å². The van der Waals surface area contributed by atoms with Crippen LogP contribution in [0.3, 0.4) is 0 Å². The van der Waals surface area contributed by atoms with E-state index in [0.29, 0.717) is 37.7 Å². The number of aliphatic hydroxyl groups excluding tert-OH is 1. The predicted molar refractivity (Wildman–Crippen MR) is 69.3 cm³/mol. The van der Waals surface area contributed by atoms with Gasteiger partial charge in [0.25, 0.3) is 0 Å². The predicted octanol–water partition coefficient (Wildman–Crippen LogP) is 2.25. The van der Waals surface area contributed by atoms with Crippen molar-refractivity contribution in [2.75, 3.05) is 26.4 Å². The molecule has 98 valence electrons. The van der Waals surface area contributed by atoms with Crippen LogP contribution in [0, 0.1) is 0 Å². The zero-order valence-electron chi connectivity index (χ0n) is 10.5. The summed E-state index contributed by atoms with van der Waals surface area (Å²) in [7, 11) is 0. The molecule has 1 aromatic carbocycles. The van der Waals surface area contributed by atoms with Crippen LogP contribution in [0.15, 0.2) is 18.2 Å². The minimum absolute atomic E-state index is 0.119. The van der Waals surface area contributed by atoms with E-state index in [1.54, 1.807) is 0 Å². The Morgan fingerprint density at radius 1 is 1.28 bits per heavy atom. The van der Waals surface area contributed by atoms with Crippen molar-refractivity contribution in [3.8, 4) is 17.2 Å². The number of aliphatic hydroxyl groups is 1. The molecule has 0 aromatic heterocycles. The van der Waals surface area contributed by atoms with Gasteiger partial charge in [0.15, 0.2) is 11.5 Å². The second kappa shape index (κ2) is 6.31. The van der Waals surface area contributed by atoms with Crippen molar-refractivity contribution >= 4 is 6.08 Å². The average Bonchev–Trinajstić information content (AvgIpc) is 2.40. The molecule has 0 amide bonds. The molecule has 0 radical (unpaired) electrons. The fraction of sp³-hybridized carbons (Fsp3) is 0.429. The van der Waals surface area contributed by atoms with Gasteiger partial charge in [-0.1, -0.05) is 6.08 Å². The number of fused-ring (bicyclic) bond motifs is 1. The lowest BCUT2D eigenvalue weighted by Crippen LogP contribution is -2.05. The van der Waals surface area contributed by atoms with Gasteiger partial charge in [-0.2, -0.15) is 0 Å². The quantitative estimate of drug-likeness (QED) is 0.787. The second-order valence-electron chi connectivity index (χ2n) is 3.91. The van der Waals surface area contributed by atoms with Crippen LogP contribution in [-0.4, -0.2) is 31.5 Å². The standard InChI is InChI=1S/C14H18O4/c1-2-16-13-9-11-5-3-7-17-12(11)10-14(13)18-8-4-6-15/h3,5,9-10,15H,2,4,6-8H2,1H3. The Hall–Kier alpha value is -1.68. The first-order valence-electron chi connectivity index (χ1n) is 6.19. The molecule has 1 N–H and O–H groups in total. The molecule has 1 aliphatic rings. The van der Waals surface area contributed by atoms with Gasteiger partial charge in [0.1, 0.15) is 12.4 Å². The van der Waals surface area contributed by atoms with E-state index in [-0.39, 0.29) is 6.61 Å². The number of ether oxygens (including phenoxy) is 3. The highest BCUT2D eigenvalue weighted by Crippen LogP contribution is 2.37. The van der Waals surface area contributed by atoms with Crippen LogP contribution in [0.2, 0.25) is 0 Å². The summed E-state index contributed by atoms with van der Waals surface area (Å²) in [4.78, 5) is 0. The molecule has 0 fully saturated rings. The monoisotopic (exact) mass is 250 g/mol. The summed E-state index contributed by atoms with van der Waals surface area (Å²) in [6, 6.07) is 3.77. The van der Waals surface area contributed by atoms with Crippen LogP contribution in [-0.2, 0) is 0 Å². The third-order valence-corrected chi connectivity index (χ3v) is 2.57. The van der Waals surface area contributed by atoms with Crippen molar-refractivity contribution in [2.24, 2.45) is 0 Å². The first-order valence-corrected chi connectivity index (χ1v) is 6.19. The molecule has 0 aliphatic carbocycles. The first kappa shape index (κ1) is 12.8. The molecule has 0 saturated carbocycles. The summed E-state index contributed by atoms with van der Waals surface area (Å²) in [5.74, 6) is 2.18. The highest BCUT2D eigenvalue weighted by molar-refractivity contribution is 5.64. The number of hydrogen-bond donors (Lipinski definition) is 1. The zero-order valence-corrected chi connectivity index (χ0v) is 10.5. The Balaban J connectivity index is 2.22. The Morgan fingerprint density at radius 2 is 2.11 bits per heavy atom. The molecule has 2 rings (SSSR count). The SMILES string of the molecule is CCOc1cc2c(cc1OCCCO)OCC=C2. The third-order valence-electron chi connectivity index (χ3n) is 2.57. The minimum Gasteiger partial charge on any atom is -0.490 e. The van der Waals surface area contributed by atoms with Crippen LogP contribution in [0.5, 0.6) is 17.2 Å². The van der Waals surface area contributed by atoms with Gasteiger partial charge < -0.3 is 19.3 Å². The molecule has 0 spiro atoms. The van der Waals surface area contributed by atoms with Gasteiger partial charge in [0, 0.05) is 24.7 Å². The van der Waals surface area contributed by atoms with Crippen LogP contribution >= 0.6 is 0 Å². The van der Waals surface area contributed by atoms with E-state index in [2.05, 4.69) is 0 Å². The van der Waals surface area contributed by atoms with Gasteiger partial charge >= 0.3 is 0 Å². The van der Waals surface area contributed by atoms with Crippen molar-refractivity contribution in [1.82, 2.24) is 0 Å². The Labute approximate surface area is 107 Å². The minimum atomic E-state index is 0.119. The molecule has 18 heavy (non-hydrogen) atoms. The van der Waals surface area contributed by atoms with Crippen molar-refractivity contribution < 1.29 is 19.3 Å². The van der Waals surface area contributed by atoms with Crippen LogP contribution < -0.4 is 14.2 Å². The first-order chi connectivity index (χ1) is 8.85. The summed E-state index contributed by atoms with van der Waals surface area (Å²) in [6.45, 7) is 3.68. The molecule has 1 aliphatic heterocycles. The van der Waals surface area contributed by atoms with E-state index < -0.39 is 0 Å². The van der Waals surface area contributed by atoms with Gasteiger partial charge in [-0.3, -0.25) is 0 Å². The van der Waals surface area contributed by atoms with Crippen LogP contribution in [0.1, 0.15) is 18.9 Å². The van der Waals surface area contributed by atoms with E-state index in [1.807, 2.05) is 31.2 Å². The molecule has 0 unspecified atom stereocenters. The van der Waals surface area contributed by atoms with Crippen molar-refractivity contribution in [3.05, 3.63) is 23.8 Å². The lowest BCUT2D eigenvalue weighted by Gasteiger charge is -2.17. The molecule has 1 heterocycles. The Bertz CT molecular complexity index is 426. The number of rotatable bonds is 6. The summed E-state index contributed by atoms with van der Waals surface area (Å²) in [5, 5.41) is 8.76. The summed E-state index contributed by atoms with van der Waals surface area (Å²) in [5.41, 5.74) is 0.999. The molecular weight excluding hydrogens is 232 g/mol. The molecule has 0 bridgehead atoms. The molecule has 0 saturated heterocycles. The van der Waals surface area contributed by atoms with Crippen molar-refractivity contribution in [1.29, 1.82) is 0 Å². The van der Waals surface area contributed by atoms with Crippen molar-refractivity contribution in [2.45, 2.75) is 13.3 Å². The lowest BCUT2D eigenvalue weighted by atomic mass is 10.1. The summed E-state index contributed by atoms with van der Waals surface area (Å²) >= 11 is 0. The number of hydrogen-bond acceptors (Lipinski definition) is 4. The van der Waals surface area contributed by atoms with Crippen molar-refractivity contribution in [3.63, 3.8) is 0 Å². The molecule has 1 aromatic rings. The summed E-state index contributed by atoms with van der Waals surface area (Å²) in [6.07, 6.45) is 4.58. The van der Waals surface area contributed by atoms with E-state index in [0.717, 1.165) is 11.3 Å². The lowest BCUT2D eigenvalue weighted by molar-refractivity contribution is 0.224. The van der Waals surface area contributed by atoms with E-state index >= 15 is 0 Å². The molecular formula is C14H18O4. The van der Waals surface area contributed by atoms with Gasteiger partial charge in [-0.05, 0) is 19.1 Å². The fourth-order valence-corrected chi connectivity index (χ4v) is 1.75. The van der Waals surface area contributed by atoms with E-state index in [9.17, 15) is 0 Å². The molecule has 0 atom stereocenters. The third kappa shape index (κ3) is 2.96.